The van der Waals surface area contributed by atoms with E-state index in [0.717, 1.165) is 3.79 Å². The van der Waals surface area contributed by atoms with Crippen LogP contribution in [0.4, 0.5) is 15.8 Å². The van der Waals surface area contributed by atoms with Crippen LogP contribution in [-0.4, -0.2) is 57.2 Å². The number of morpholine rings is 1. The number of anilines is 2. The van der Waals surface area contributed by atoms with E-state index in [4.69, 9.17) is 9.47 Å². The predicted octanol–water partition coefficient (Wildman–Crippen LogP) is 2.70. The summed E-state index contributed by atoms with van der Waals surface area (Å²) < 4.78 is 25.7. The van der Waals surface area contributed by atoms with Crippen molar-refractivity contribution in [1.82, 2.24) is 5.32 Å². The Bertz CT molecular complexity index is 999. The Labute approximate surface area is 190 Å². The second kappa shape index (κ2) is 10.3. The van der Waals surface area contributed by atoms with E-state index in [1.807, 2.05) is 0 Å². The van der Waals surface area contributed by atoms with Crippen LogP contribution in [0.25, 0.3) is 0 Å². The van der Waals surface area contributed by atoms with Gasteiger partial charge in [-0.25, -0.2) is 4.39 Å². The predicted molar refractivity (Wildman–Crippen MR) is 118 cm³/mol. The summed E-state index contributed by atoms with van der Waals surface area (Å²) in [4.78, 5) is 39.0. The zero-order chi connectivity index (χ0) is 22.5. The van der Waals surface area contributed by atoms with E-state index in [9.17, 15) is 18.8 Å². The summed E-state index contributed by atoms with van der Waals surface area (Å²) in [6.07, 6.45) is 0. The molecule has 0 saturated carbocycles. The fourth-order valence-electron chi connectivity index (χ4n) is 3.07. The van der Waals surface area contributed by atoms with Crippen molar-refractivity contribution in [3.05, 3.63) is 44.3 Å². The molecule has 1 aromatic heterocycles. The number of hydrogen-bond donors (Lipinski definition) is 2. The highest BCUT2D eigenvalue weighted by Gasteiger charge is 2.26. The van der Waals surface area contributed by atoms with Crippen LogP contribution < -0.4 is 15.5 Å². The molecule has 1 fully saturated rings. The van der Waals surface area contributed by atoms with Gasteiger partial charge in [0.25, 0.3) is 11.8 Å². The summed E-state index contributed by atoms with van der Waals surface area (Å²) in [5, 5.41) is 5.09. The van der Waals surface area contributed by atoms with Gasteiger partial charge >= 0.3 is 0 Å². The van der Waals surface area contributed by atoms with Crippen LogP contribution in [0.2, 0.25) is 0 Å². The van der Waals surface area contributed by atoms with E-state index in [1.54, 1.807) is 19.1 Å². The van der Waals surface area contributed by atoms with E-state index in [2.05, 4.69) is 26.6 Å². The minimum absolute atomic E-state index is 0.0545. The number of carbonyl (C=O) groups is 3. The molecule has 1 aromatic carbocycles. The van der Waals surface area contributed by atoms with E-state index in [-0.39, 0.29) is 24.8 Å². The largest absolute Gasteiger partial charge is 0.382 e. The summed E-state index contributed by atoms with van der Waals surface area (Å²) in [5.41, 5.74) is 0.984. The standard InChI is InChI=1S/C20H21BrFN3O5S/c1-11-7-13(12(22)8-15(11)25-5-6-30-10-18(25)26)23-19(27)14(9-29-2)24-20(28)16-3-4-17(21)31-16/h3-4,7-8,14H,5-6,9-10H2,1-2H3,(H,23,27)(H,24,28)/t14-/m1/s1. The summed E-state index contributed by atoms with van der Waals surface area (Å²) >= 11 is 4.51. The molecular weight excluding hydrogens is 493 g/mol. The number of hydrogen-bond acceptors (Lipinski definition) is 6. The molecule has 31 heavy (non-hydrogen) atoms. The highest BCUT2D eigenvalue weighted by atomic mass is 79.9. The summed E-state index contributed by atoms with van der Waals surface area (Å²) in [7, 11) is 1.40. The summed E-state index contributed by atoms with van der Waals surface area (Å²) in [5.74, 6) is -2.02. The molecule has 3 amide bonds. The number of carbonyl (C=O) groups excluding carboxylic acids is 3. The normalized spacial score (nSPS) is 15.0. The number of halogens is 2. The van der Waals surface area contributed by atoms with Gasteiger partial charge in [-0.3, -0.25) is 14.4 Å². The summed E-state index contributed by atoms with van der Waals surface area (Å²) in [6.45, 7) is 2.26. The lowest BCUT2D eigenvalue weighted by Gasteiger charge is -2.28. The Morgan fingerprint density at radius 3 is 2.81 bits per heavy atom. The molecule has 0 spiro atoms. The van der Waals surface area contributed by atoms with Crippen LogP contribution in [0.1, 0.15) is 15.2 Å². The lowest BCUT2D eigenvalue weighted by molar-refractivity contribution is -0.125. The second-order valence-electron chi connectivity index (χ2n) is 6.79. The van der Waals surface area contributed by atoms with Gasteiger partial charge in [-0.05, 0) is 46.6 Å². The molecule has 1 aliphatic heterocycles. The number of nitrogens with zero attached hydrogens (tertiary/aromatic N) is 1. The number of rotatable bonds is 7. The third kappa shape index (κ3) is 5.67. The molecule has 1 aliphatic rings. The monoisotopic (exact) mass is 513 g/mol. The first kappa shape index (κ1) is 23.3. The SMILES string of the molecule is COC[C@@H](NC(=O)c1ccc(Br)s1)C(=O)Nc1cc(C)c(N2CCOCC2=O)cc1F. The molecule has 3 rings (SSSR count). The van der Waals surface area contributed by atoms with E-state index >= 15 is 0 Å². The number of aryl methyl sites for hydroxylation is 1. The molecule has 2 N–H and O–H groups in total. The molecule has 166 valence electrons. The second-order valence-corrected chi connectivity index (χ2v) is 9.25. The molecule has 0 bridgehead atoms. The average Bonchev–Trinajstić information content (AvgIpc) is 3.17. The molecule has 2 aromatic rings. The first-order chi connectivity index (χ1) is 14.8. The van der Waals surface area contributed by atoms with Gasteiger partial charge in [-0.2, -0.15) is 0 Å². The van der Waals surface area contributed by atoms with Crippen LogP contribution in [0, 0.1) is 12.7 Å². The first-order valence-corrected chi connectivity index (χ1v) is 11.0. The van der Waals surface area contributed by atoms with Crippen molar-refractivity contribution in [1.29, 1.82) is 0 Å². The Hall–Kier alpha value is -2.34. The number of amides is 3. The average molecular weight is 514 g/mol. The van der Waals surface area contributed by atoms with Gasteiger partial charge in [0.2, 0.25) is 5.91 Å². The number of thiophene rings is 1. The molecule has 2 heterocycles. The maximum absolute atomic E-state index is 14.7. The lowest BCUT2D eigenvalue weighted by atomic mass is 10.1. The van der Waals surface area contributed by atoms with Crippen LogP contribution in [-0.2, 0) is 19.1 Å². The molecule has 0 unspecified atom stereocenters. The van der Waals surface area contributed by atoms with Crippen molar-refractivity contribution in [3.8, 4) is 0 Å². The van der Waals surface area contributed by atoms with E-state index < -0.39 is 23.7 Å². The van der Waals surface area contributed by atoms with Gasteiger partial charge in [0.15, 0.2) is 0 Å². The van der Waals surface area contributed by atoms with Gasteiger partial charge in [0, 0.05) is 25.4 Å². The highest BCUT2D eigenvalue weighted by Crippen LogP contribution is 2.28. The molecule has 0 radical (unpaired) electrons. The van der Waals surface area contributed by atoms with Crippen molar-refractivity contribution in [2.75, 3.05) is 43.7 Å². The van der Waals surface area contributed by atoms with Crippen LogP contribution >= 0.6 is 27.3 Å². The Morgan fingerprint density at radius 1 is 1.39 bits per heavy atom. The Kier molecular flexibility index (Phi) is 7.76. The maximum Gasteiger partial charge on any atom is 0.262 e. The molecule has 1 saturated heterocycles. The molecule has 11 heteroatoms. The zero-order valence-corrected chi connectivity index (χ0v) is 19.3. The smallest absolute Gasteiger partial charge is 0.262 e. The highest BCUT2D eigenvalue weighted by molar-refractivity contribution is 9.11. The Balaban J connectivity index is 1.74. The number of nitrogens with one attached hydrogen (secondary N) is 2. The fraction of sp³-hybridized carbons (Fsp3) is 0.350. The minimum atomic E-state index is -1.03. The van der Waals surface area contributed by atoms with Gasteiger partial charge in [0.05, 0.1) is 27.6 Å². The van der Waals surface area contributed by atoms with E-state index in [0.29, 0.717) is 29.3 Å². The van der Waals surface area contributed by atoms with Crippen LogP contribution in [0.3, 0.4) is 0 Å². The van der Waals surface area contributed by atoms with Crippen molar-refractivity contribution >= 4 is 56.4 Å². The van der Waals surface area contributed by atoms with E-state index in [1.165, 1.54) is 35.5 Å². The molecule has 1 atom stereocenters. The van der Waals surface area contributed by atoms with Gasteiger partial charge < -0.3 is 25.0 Å². The van der Waals surface area contributed by atoms with Crippen LogP contribution in [0.15, 0.2) is 28.1 Å². The quantitative estimate of drug-likeness (QED) is 0.593. The lowest BCUT2D eigenvalue weighted by Crippen LogP contribution is -2.46. The van der Waals surface area contributed by atoms with Gasteiger partial charge in [-0.1, -0.05) is 0 Å². The molecule has 8 nitrogen and oxygen atoms in total. The van der Waals surface area contributed by atoms with Crippen molar-refractivity contribution < 1.29 is 28.2 Å². The molecule has 0 aliphatic carbocycles. The topological polar surface area (TPSA) is 97.0 Å². The maximum atomic E-state index is 14.7. The number of methoxy groups -OCH3 is 1. The fourth-order valence-corrected chi connectivity index (χ4v) is 4.35. The molecular formula is C20H21BrFN3O5S. The van der Waals surface area contributed by atoms with Crippen molar-refractivity contribution in [3.63, 3.8) is 0 Å². The Morgan fingerprint density at radius 2 is 2.16 bits per heavy atom. The van der Waals surface area contributed by atoms with Gasteiger partial charge in [-0.15, -0.1) is 11.3 Å². The number of ether oxygens (including phenoxy) is 2. The zero-order valence-electron chi connectivity index (χ0n) is 16.9. The number of benzene rings is 1. The minimum Gasteiger partial charge on any atom is -0.382 e. The third-order valence-corrected chi connectivity index (χ3v) is 6.19. The summed E-state index contributed by atoms with van der Waals surface area (Å²) in [6, 6.07) is 4.98. The first-order valence-electron chi connectivity index (χ1n) is 9.34. The third-order valence-electron chi connectivity index (χ3n) is 4.57. The van der Waals surface area contributed by atoms with Crippen molar-refractivity contribution in [2.45, 2.75) is 13.0 Å². The van der Waals surface area contributed by atoms with Gasteiger partial charge in [0.1, 0.15) is 18.5 Å². The van der Waals surface area contributed by atoms with Crippen molar-refractivity contribution in [2.24, 2.45) is 0 Å². The van der Waals surface area contributed by atoms with Crippen LogP contribution in [0.5, 0.6) is 0 Å².